The molecule has 2 saturated carbocycles. The number of nitrogens with zero attached hydrogens (tertiary/aromatic N) is 2. The molecule has 0 aliphatic heterocycles. The summed E-state index contributed by atoms with van der Waals surface area (Å²) in [7, 11) is 0. The molecule has 0 N–H and O–H groups in total. The molecule has 1 aromatic heterocycles. The molecular weight excluding hydrogens is 248 g/mol. The molecule has 0 bridgehead atoms. The summed E-state index contributed by atoms with van der Waals surface area (Å²) in [5.41, 5.74) is 0.747. The van der Waals surface area contributed by atoms with Gasteiger partial charge in [0.1, 0.15) is 0 Å². The first-order valence-electron chi connectivity index (χ1n) is 6.39. The molecule has 2 fully saturated rings. The Morgan fingerprint density at radius 3 is 2.39 bits per heavy atom. The van der Waals surface area contributed by atoms with E-state index in [0.717, 1.165) is 36.5 Å². The summed E-state index contributed by atoms with van der Waals surface area (Å²) in [6.45, 7) is 3.39. The zero-order valence-corrected chi connectivity index (χ0v) is 11.4. The molecule has 96 valence electrons. The van der Waals surface area contributed by atoms with Crippen LogP contribution in [0.5, 0.6) is 0 Å². The normalized spacial score (nSPS) is 18.8. The standard InChI is InChI=1S/C13H16N2O2S/c1-7-11(8(2)16)18-13(14-7)15(10-5-6-10)12(17)9-3-4-9/h9-10H,3-6H2,1-2H3. The number of carbonyl (C=O) groups excluding carboxylic acids is 2. The van der Waals surface area contributed by atoms with E-state index in [0.29, 0.717) is 10.9 Å². The Hall–Kier alpha value is -1.23. The fraction of sp³-hybridized carbons (Fsp3) is 0.615. The van der Waals surface area contributed by atoms with E-state index in [2.05, 4.69) is 4.98 Å². The van der Waals surface area contributed by atoms with Crippen LogP contribution < -0.4 is 4.90 Å². The first-order valence-corrected chi connectivity index (χ1v) is 7.21. The second-order valence-corrected chi connectivity index (χ2v) is 6.16. The quantitative estimate of drug-likeness (QED) is 0.785. The molecular formula is C13H16N2O2S. The number of aryl methyl sites for hydroxylation is 1. The number of aromatic nitrogens is 1. The van der Waals surface area contributed by atoms with E-state index < -0.39 is 0 Å². The zero-order valence-electron chi connectivity index (χ0n) is 10.6. The van der Waals surface area contributed by atoms with Crippen molar-refractivity contribution in [3.63, 3.8) is 0 Å². The highest BCUT2D eigenvalue weighted by Gasteiger charge is 2.42. The molecule has 1 amide bonds. The molecule has 0 unspecified atom stereocenters. The average Bonchev–Trinajstić information content (AvgIpc) is 3.17. The highest BCUT2D eigenvalue weighted by atomic mass is 32.1. The lowest BCUT2D eigenvalue weighted by Gasteiger charge is -2.18. The first-order chi connectivity index (χ1) is 8.58. The molecule has 2 aliphatic carbocycles. The van der Waals surface area contributed by atoms with Gasteiger partial charge in [0.25, 0.3) is 0 Å². The summed E-state index contributed by atoms with van der Waals surface area (Å²) in [6, 6.07) is 0.323. The van der Waals surface area contributed by atoms with Crippen LogP contribution in [0.1, 0.15) is 48.0 Å². The number of hydrogen-bond donors (Lipinski definition) is 0. The smallest absolute Gasteiger partial charge is 0.232 e. The Labute approximate surface area is 110 Å². The van der Waals surface area contributed by atoms with Gasteiger partial charge in [-0.2, -0.15) is 0 Å². The molecule has 0 atom stereocenters. The average molecular weight is 264 g/mol. The van der Waals surface area contributed by atoms with Gasteiger partial charge in [-0.05, 0) is 32.6 Å². The predicted octanol–water partition coefficient (Wildman–Crippen LogP) is 2.56. The third kappa shape index (κ3) is 2.07. The van der Waals surface area contributed by atoms with Crippen LogP contribution in [0, 0.1) is 12.8 Å². The van der Waals surface area contributed by atoms with Gasteiger partial charge in [0, 0.05) is 18.9 Å². The summed E-state index contributed by atoms with van der Waals surface area (Å²) >= 11 is 1.36. The van der Waals surface area contributed by atoms with E-state index in [1.54, 1.807) is 6.92 Å². The van der Waals surface area contributed by atoms with Crippen molar-refractivity contribution in [3.05, 3.63) is 10.6 Å². The predicted molar refractivity (Wildman–Crippen MR) is 70.1 cm³/mol. The van der Waals surface area contributed by atoms with Gasteiger partial charge in [0.15, 0.2) is 10.9 Å². The fourth-order valence-corrected chi connectivity index (χ4v) is 3.14. The SMILES string of the molecule is CC(=O)c1sc(N(C(=O)C2CC2)C2CC2)nc1C. The maximum absolute atomic E-state index is 12.3. The van der Waals surface area contributed by atoms with E-state index in [1.165, 1.54) is 11.3 Å². The van der Waals surface area contributed by atoms with Gasteiger partial charge in [-0.1, -0.05) is 11.3 Å². The number of carbonyl (C=O) groups is 2. The highest BCUT2D eigenvalue weighted by molar-refractivity contribution is 7.17. The van der Waals surface area contributed by atoms with Crippen molar-refractivity contribution >= 4 is 28.2 Å². The lowest BCUT2D eigenvalue weighted by Crippen LogP contribution is -2.34. The molecule has 1 heterocycles. The Morgan fingerprint density at radius 1 is 1.28 bits per heavy atom. The Morgan fingerprint density at radius 2 is 1.94 bits per heavy atom. The topological polar surface area (TPSA) is 50.3 Å². The van der Waals surface area contributed by atoms with Gasteiger partial charge in [-0.25, -0.2) is 4.98 Å². The molecule has 2 aliphatic rings. The molecule has 0 saturated heterocycles. The van der Waals surface area contributed by atoms with Gasteiger partial charge < -0.3 is 0 Å². The summed E-state index contributed by atoms with van der Waals surface area (Å²) in [4.78, 5) is 30.7. The van der Waals surface area contributed by atoms with Crippen molar-refractivity contribution in [2.24, 2.45) is 5.92 Å². The second kappa shape index (κ2) is 4.16. The lowest BCUT2D eigenvalue weighted by atomic mass is 10.3. The number of Topliss-reactive ketones (excluding diaryl/α,β-unsaturated/α-hetero) is 1. The van der Waals surface area contributed by atoms with Crippen LogP contribution >= 0.6 is 11.3 Å². The third-order valence-electron chi connectivity index (χ3n) is 3.39. The Bertz CT molecular complexity index is 515. The summed E-state index contributed by atoms with van der Waals surface area (Å²) < 4.78 is 0. The number of anilines is 1. The van der Waals surface area contributed by atoms with Crippen LogP contribution in [-0.4, -0.2) is 22.7 Å². The minimum atomic E-state index is 0.0332. The molecule has 3 rings (SSSR count). The van der Waals surface area contributed by atoms with Gasteiger partial charge in [0.2, 0.25) is 5.91 Å². The zero-order chi connectivity index (χ0) is 12.9. The summed E-state index contributed by atoms with van der Waals surface area (Å²) in [5, 5.41) is 0.720. The van der Waals surface area contributed by atoms with Crippen molar-refractivity contribution in [1.29, 1.82) is 0 Å². The molecule has 0 spiro atoms. The minimum Gasteiger partial charge on any atom is -0.294 e. The van der Waals surface area contributed by atoms with Crippen LogP contribution in [-0.2, 0) is 4.79 Å². The van der Waals surface area contributed by atoms with Crippen molar-refractivity contribution < 1.29 is 9.59 Å². The van der Waals surface area contributed by atoms with Crippen LogP contribution in [0.2, 0.25) is 0 Å². The van der Waals surface area contributed by atoms with E-state index in [-0.39, 0.29) is 17.6 Å². The monoisotopic (exact) mass is 264 g/mol. The minimum absolute atomic E-state index is 0.0332. The summed E-state index contributed by atoms with van der Waals surface area (Å²) in [6.07, 6.45) is 4.14. The lowest BCUT2D eigenvalue weighted by molar-refractivity contribution is -0.119. The maximum Gasteiger partial charge on any atom is 0.232 e. The molecule has 1 aromatic rings. The van der Waals surface area contributed by atoms with E-state index in [9.17, 15) is 9.59 Å². The largest absolute Gasteiger partial charge is 0.294 e. The van der Waals surface area contributed by atoms with Crippen molar-refractivity contribution in [1.82, 2.24) is 4.98 Å². The maximum atomic E-state index is 12.3. The number of amides is 1. The molecule has 0 radical (unpaired) electrons. The third-order valence-corrected chi connectivity index (χ3v) is 4.64. The van der Waals surface area contributed by atoms with Gasteiger partial charge in [-0.3, -0.25) is 14.5 Å². The van der Waals surface area contributed by atoms with Gasteiger partial charge in [0.05, 0.1) is 10.6 Å². The van der Waals surface area contributed by atoms with Gasteiger partial charge >= 0.3 is 0 Å². The van der Waals surface area contributed by atoms with Crippen LogP contribution in [0.3, 0.4) is 0 Å². The Balaban J connectivity index is 1.92. The van der Waals surface area contributed by atoms with Crippen molar-refractivity contribution in [3.8, 4) is 0 Å². The van der Waals surface area contributed by atoms with Crippen molar-refractivity contribution in [2.45, 2.75) is 45.6 Å². The van der Waals surface area contributed by atoms with E-state index in [4.69, 9.17) is 0 Å². The van der Waals surface area contributed by atoms with E-state index in [1.807, 2.05) is 11.8 Å². The van der Waals surface area contributed by atoms with Crippen LogP contribution in [0.15, 0.2) is 0 Å². The van der Waals surface area contributed by atoms with Crippen LogP contribution in [0.25, 0.3) is 0 Å². The van der Waals surface area contributed by atoms with E-state index >= 15 is 0 Å². The Kier molecular flexibility index (Phi) is 2.73. The summed E-state index contributed by atoms with van der Waals surface area (Å²) in [5.74, 6) is 0.447. The first kappa shape index (κ1) is 11.8. The number of hydrogen-bond acceptors (Lipinski definition) is 4. The molecule has 0 aromatic carbocycles. The number of rotatable bonds is 4. The van der Waals surface area contributed by atoms with Gasteiger partial charge in [-0.15, -0.1) is 0 Å². The molecule has 5 heteroatoms. The highest BCUT2D eigenvalue weighted by Crippen LogP contribution is 2.40. The fourth-order valence-electron chi connectivity index (χ4n) is 2.10. The second-order valence-electron chi connectivity index (χ2n) is 5.18. The molecule has 18 heavy (non-hydrogen) atoms. The number of ketones is 1. The van der Waals surface area contributed by atoms with Crippen molar-refractivity contribution in [2.75, 3.05) is 4.90 Å². The molecule has 4 nitrogen and oxygen atoms in total. The van der Waals surface area contributed by atoms with Crippen LogP contribution in [0.4, 0.5) is 5.13 Å². The number of thiazole rings is 1.